The lowest BCUT2D eigenvalue weighted by Gasteiger charge is -2.04. The molecule has 1 aromatic heterocycles. The largest absolute Gasteiger partial charge is 0.486 e. The molecule has 102 valence electrons. The summed E-state index contributed by atoms with van der Waals surface area (Å²) in [6, 6.07) is 7.76. The zero-order valence-electron chi connectivity index (χ0n) is 10.9. The van der Waals surface area contributed by atoms with Crippen LogP contribution in [0.4, 0.5) is 0 Å². The Morgan fingerprint density at radius 3 is 2.84 bits per heavy atom. The SMILES string of the molecule is CC(C)NCc1nnc(COc2cccc(Cl)c2)s1. The van der Waals surface area contributed by atoms with Crippen LogP contribution in [0.2, 0.25) is 5.02 Å². The van der Waals surface area contributed by atoms with Gasteiger partial charge in [-0.2, -0.15) is 0 Å². The summed E-state index contributed by atoms with van der Waals surface area (Å²) in [5.74, 6) is 0.740. The fourth-order valence-electron chi connectivity index (χ4n) is 1.41. The van der Waals surface area contributed by atoms with Crippen molar-refractivity contribution in [3.8, 4) is 5.75 Å². The third kappa shape index (κ3) is 4.78. The molecule has 0 radical (unpaired) electrons. The highest BCUT2D eigenvalue weighted by Crippen LogP contribution is 2.19. The summed E-state index contributed by atoms with van der Waals surface area (Å²) >= 11 is 7.44. The summed E-state index contributed by atoms with van der Waals surface area (Å²) in [5, 5.41) is 14.0. The van der Waals surface area contributed by atoms with Gasteiger partial charge in [-0.25, -0.2) is 0 Å². The maximum atomic E-state index is 5.89. The minimum atomic E-state index is 0.416. The zero-order chi connectivity index (χ0) is 13.7. The molecule has 0 amide bonds. The normalized spacial score (nSPS) is 10.9. The van der Waals surface area contributed by atoms with Gasteiger partial charge in [0, 0.05) is 17.6 Å². The van der Waals surface area contributed by atoms with E-state index in [-0.39, 0.29) is 0 Å². The van der Waals surface area contributed by atoms with Crippen molar-refractivity contribution in [2.24, 2.45) is 0 Å². The van der Waals surface area contributed by atoms with Crippen LogP contribution in [0.3, 0.4) is 0 Å². The summed E-state index contributed by atoms with van der Waals surface area (Å²) in [5.41, 5.74) is 0. The Bertz CT molecular complexity index is 530. The topological polar surface area (TPSA) is 47.0 Å². The van der Waals surface area contributed by atoms with Crippen molar-refractivity contribution in [2.45, 2.75) is 33.0 Å². The minimum absolute atomic E-state index is 0.416. The van der Waals surface area contributed by atoms with E-state index < -0.39 is 0 Å². The molecule has 2 rings (SSSR count). The van der Waals surface area contributed by atoms with E-state index in [1.807, 2.05) is 18.2 Å². The molecule has 0 aliphatic rings. The molecule has 0 fully saturated rings. The molecular formula is C13H16ClN3OS. The molecule has 4 nitrogen and oxygen atoms in total. The van der Waals surface area contributed by atoms with Crippen LogP contribution in [0.1, 0.15) is 23.9 Å². The second-order valence-electron chi connectivity index (χ2n) is 4.37. The van der Waals surface area contributed by atoms with Crippen LogP contribution in [-0.4, -0.2) is 16.2 Å². The smallest absolute Gasteiger partial charge is 0.155 e. The Balaban J connectivity index is 1.86. The molecule has 1 heterocycles. The Kier molecular flexibility index (Phi) is 5.13. The number of hydrogen-bond donors (Lipinski definition) is 1. The van der Waals surface area contributed by atoms with Crippen LogP contribution in [-0.2, 0) is 13.2 Å². The van der Waals surface area contributed by atoms with Crippen LogP contribution >= 0.6 is 22.9 Å². The molecule has 1 aromatic carbocycles. The molecule has 0 aliphatic carbocycles. The summed E-state index contributed by atoms with van der Waals surface area (Å²) in [4.78, 5) is 0. The zero-order valence-corrected chi connectivity index (χ0v) is 12.5. The van der Waals surface area contributed by atoms with Gasteiger partial charge >= 0.3 is 0 Å². The van der Waals surface area contributed by atoms with Crippen molar-refractivity contribution in [3.63, 3.8) is 0 Å². The van der Waals surface area contributed by atoms with Gasteiger partial charge in [0.15, 0.2) is 5.01 Å². The van der Waals surface area contributed by atoms with Crippen LogP contribution in [0.15, 0.2) is 24.3 Å². The third-order valence-electron chi connectivity index (χ3n) is 2.33. The Labute approximate surface area is 121 Å². The van der Waals surface area contributed by atoms with E-state index in [0.717, 1.165) is 22.3 Å². The molecule has 0 saturated heterocycles. The molecule has 0 atom stereocenters. The highest BCUT2D eigenvalue weighted by molar-refractivity contribution is 7.11. The molecule has 0 aliphatic heterocycles. The number of ether oxygens (including phenoxy) is 1. The molecule has 0 unspecified atom stereocenters. The average Bonchev–Trinajstić information content (AvgIpc) is 2.82. The van der Waals surface area contributed by atoms with Crippen LogP contribution in [0.5, 0.6) is 5.75 Å². The Morgan fingerprint density at radius 1 is 1.32 bits per heavy atom. The third-order valence-corrected chi connectivity index (χ3v) is 3.46. The van der Waals surface area contributed by atoms with Crippen molar-refractivity contribution >= 4 is 22.9 Å². The fourth-order valence-corrected chi connectivity index (χ4v) is 2.30. The number of benzene rings is 1. The van der Waals surface area contributed by atoms with Crippen molar-refractivity contribution in [3.05, 3.63) is 39.3 Å². The van der Waals surface area contributed by atoms with Gasteiger partial charge < -0.3 is 10.1 Å². The van der Waals surface area contributed by atoms with Crippen molar-refractivity contribution in [1.82, 2.24) is 15.5 Å². The molecule has 1 N–H and O–H groups in total. The Hall–Kier alpha value is -1.17. The van der Waals surface area contributed by atoms with Crippen LogP contribution in [0, 0.1) is 0 Å². The van der Waals surface area contributed by atoms with Gasteiger partial charge in [-0.3, -0.25) is 0 Å². The first-order valence-electron chi connectivity index (χ1n) is 6.06. The molecule has 2 aromatic rings. The predicted molar refractivity (Wildman–Crippen MR) is 77.7 cm³/mol. The highest BCUT2D eigenvalue weighted by Gasteiger charge is 2.05. The van der Waals surface area contributed by atoms with E-state index in [0.29, 0.717) is 17.7 Å². The molecular weight excluding hydrogens is 282 g/mol. The van der Waals surface area contributed by atoms with E-state index in [2.05, 4.69) is 29.4 Å². The predicted octanol–water partition coefficient (Wildman–Crippen LogP) is 3.27. The van der Waals surface area contributed by atoms with Gasteiger partial charge in [0.1, 0.15) is 17.4 Å². The lowest BCUT2D eigenvalue weighted by molar-refractivity contribution is 0.304. The van der Waals surface area contributed by atoms with E-state index in [1.54, 1.807) is 17.4 Å². The lowest BCUT2D eigenvalue weighted by Crippen LogP contribution is -2.21. The van der Waals surface area contributed by atoms with E-state index in [4.69, 9.17) is 16.3 Å². The highest BCUT2D eigenvalue weighted by atomic mass is 35.5. The second kappa shape index (κ2) is 6.84. The monoisotopic (exact) mass is 297 g/mol. The first-order valence-corrected chi connectivity index (χ1v) is 7.26. The maximum Gasteiger partial charge on any atom is 0.155 e. The van der Waals surface area contributed by atoms with Gasteiger partial charge in [0.25, 0.3) is 0 Å². The van der Waals surface area contributed by atoms with Crippen molar-refractivity contribution < 1.29 is 4.74 Å². The molecule has 0 saturated carbocycles. The first kappa shape index (κ1) is 14.2. The van der Waals surface area contributed by atoms with Crippen LogP contribution in [0.25, 0.3) is 0 Å². The number of halogens is 1. The van der Waals surface area contributed by atoms with Crippen molar-refractivity contribution in [1.29, 1.82) is 0 Å². The Morgan fingerprint density at radius 2 is 2.11 bits per heavy atom. The lowest BCUT2D eigenvalue weighted by atomic mass is 10.3. The second-order valence-corrected chi connectivity index (χ2v) is 5.95. The number of nitrogens with one attached hydrogen (secondary N) is 1. The quantitative estimate of drug-likeness (QED) is 0.889. The number of aromatic nitrogens is 2. The standard InChI is InChI=1S/C13H16ClN3OS/c1-9(2)15-7-12-16-17-13(19-12)8-18-11-5-3-4-10(14)6-11/h3-6,9,15H,7-8H2,1-2H3. The molecule has 6 heteroatoms. The van der Waals surface area contributed by atoms with E-state index in [9.17, 15) is 0 Å². The average molecular weight is 298 g/mol. The fraction of sp³-hybridized carbons (Fsp3) is 0.385. The van der Waals surface area contributed by atoms with Crippen molar-refractivity contribution in [2.75, 3.05) is 0 Å². The summed E-state index contributed by atoms with van der Waals surface area (Å²) in [7, 11) is 0. The maximum absolute atomic E-state index is 5.89. The summed E-state index contributed by atoms with van der Waals surface area (Å²) < 4.78 is 5.61. The van der Waals surface area contributed by atoms with E-state index in [1.165, 1.54) is 0 Å². The number of rotatable bonds is 6. The molecule has 0 bridgehead atoms. The first-order chi connectivity index (χ1) is 9.13. The molecule has 0 spiro atoms. The summed E-state index contributed by atoms with van der Waals surface area (Å²) in [6.07, 6.45) is 0. The van der Waals surface area contributed by atoms with Crippen LogP contribution < -0.4 is 10.1 Å². The van der Waals surface area contributed by atoms with Gasteiger partial charge in [0.05, 0.1) is 0 Å². The number of nitrogens with zero attached hydrogens (tertiary/aromatic N) is 2. The minimum Gasteiger partial charge on any atom is -0.486 e. The van der Waals surface area contributed by atoms with Gasteiger partial charge in [-0.05, 0) is 18.2 Å². The van der Waals surface area contributed by atoms with Gasteiger partial charge in [-0.15, -0.1) is 10.2 Å². The summed E-state index contributed by atoms with van der Waals surface area (Å²) in [6.45, 7) is 5.36. The van der Waals surface area contributed by atoms with Gasteiger partial charge in [-0.1, -0.05) is 42.9 Å². The van der Waals surface area contributed by atoms with E-state index >= 15 is 0 Å². The number of hydrogen-bond acceptors (Lipinski definition) is 5. The van der Waals surface area contributed by atoms with Gasteiger partial charge in [0.2, 0.25) is 0 Å². The molecule has 19 heavy (non-hydrogen) atoms.